The Morgan fingerprint density at radius 2 is 1.24 bits per heavy atom. The van der Waals surface area contributed by atoms with Gasteiger partial charge in [-0.25, -0.2) is 0 Å². The lowest BCUT2D eigenvalue weighted by Gasteiger charge is -2.42. The molecule has 0 spiro atoms. The number of piperazine rings is 2. The maximum Gasteiger partial charge on any atom is 0.240 e. The Bertz CT molecular complexity index is 1330. The third kappa shape index (κ3) is 8.12. The number of ketones is 1. The van der Waals surface area contributed by atoms with Crippen LogP contribution in [0.15, 0.2) is 84.9 Å². The molecule has 0 bridgehead atoms. The molecule has 0 radical (unpaired) electrons. The number of carbonyl (C=O) groups excluding carboxylic acids is 3. The molecule has 1 N–H and O–H groups in total. The maximum absolute atomic E-state index is 14.0. The van der Waals surface area contributed by atoms with Gasteiger partial charge in [0, 0.05) is 76.7 Å². The molecule has 0 aliphatic carbocycles. The summed E-state index contributed by atoms with van der Waals surface area (Å²) in [6.07, 6.45) is 0.0754. The summed E-state index contributed by atoms with van der Waals surface area (Å²) in [5, 5.41) is 2.93. The van der Waals surface area contributed by atoms with Gasteiger partial charge in [0.15, 0.2) is 5.78 Å². The Labute approximate surface area is 248 Å². The summed E-state index contributed by atoms with van der Waals surface area (Å²) in [5.74, 6) is -0.249. The van der Waals surface area contributed by atoms with Gasteiger partial charge < -0.3 is 10.2 Å². The predicted molar refractivity (Wildman–Crippen MR) is 165 cm³/mol. The number of nitrogens with zero attached hydrogens (tertiary/aromatic N) is 4. The van der Waals surface area contributed by atoms with Crippen LogP contribution in [0.2, 0.25) is 0 Å². The zero-order valence-corrected chi connectivity index (χ0v) is 24.5. The second kappa shape index (κ2) is 14.4. The van der Waals surface area contributed by atoms with Crippen molar-refractivity contribution in [2.45, 2.75) is 32.5 Å². The number of Topliss-reactive ketones (excluding diaryl/α,β-unsaturated/α-hetero) is 1. The average Bonchev–Trinajstić information content (AvgIpc) is 3.01. The fourth-order valence-electron chi connectivity index (χ4n) is 5.83. The minimum Gasteiger partial charge on any atom is -0.339 e. The molecule has 0 unspecified atom stereocenters. The summed E-state index contributed by atoms with van der Waals surface area (Å²) in [6, 6.07) is 27.3. The molecule has 0 saturated carbocycles. The van der Waals surface area contributed by atoms with Crippen molar-refractivity contribution in [3.05, 3.63) is 102 Å². The molecule has 2 aliphatic heterocycles. The van der Waals surface area contributed by atoms with Crippen molar-refractivity contribution < 1.29 is 14.4 Å². The van der Waals surface area contributed by atoms with Crippen molar-refractivity contribution in [3.63, 3.8) is 0 Å². The summed E-state index contributed by atoms with van der Waals surface area (Å²) in [6.45, 7) is 9.31. The highest BCUT2D eigenvalue weighted by molar-refractivity contribution is 5.98. The fourth-order valence-corrected chi connectivity index (χ4v) is 5.83. The van der Waals surface area contributed by atoms with Crippen LogP contribution >= 0.6 is 0 Å². The lowest BCUT2D eigenvalue weighted by molar-refractivity contribution is -0.141. The molecule has 2 amide bonds. The standard InChI is InChI=1S/C34H41N5O3/c1-27(40)30-13-8-14-31(23-30)35-33(41)24-32(38-19-15-36(16-20-38)25-28-9-4-2-5-10-28)34(42)39-21-17-37(18-22-39)26-29-11-6-3-7-12-29/h2-14,23,32H,15-22,24-26H2,1H3,(H,35,41)/t32-/m1/s1. The summed E-state index contributed by atoms with van der Waals surface area (Å²) < 4.78 is 0. The third-order valence-corrected chi connectivity index (χ3v) is 8.25. The molecule has 2 fully saturated rings. The van der Waals surface area contributed by atoms with Crippen molar-refractivity contribution in [2.75, 3.05) is 57.7 Å². The van der Waals surface area contributed by atoms with Gasteiger partial charge in [0.1, 0.15) is 0 Å². The number of hydrogen-bond donors (Lipinski definition) is 1. The fraction of sp³-hybridized carbons (Fsp3) is 0.382. The number of rotatable bonds is 10. The Kier molecular flexibility index (Phi) is 10.1. The molecule has 2 saturated heterocycles. The second-order valence-electron chi connectivity index (χ2n) is 11.3. The summed E-state index contributed by atoms with van der Waals surface area (Å²) in [5.41, 5.74) is 3.66. The van der Waals surface area contributed by atoms with Crippen LogP contribution in [0.1, 0.15) is 34.8 Å². The van der Waals surface area contributed by atoms with E-state index in [0.29, 0.717) is 24.3 Å². The molecule has 42 heavy (non-hydrogen) atoms. The molecule has 8 heteroatoms. The molecule has 0 aromatic heterocycles. The number of benzene rings is 3. The highest BCUT2D eigenvalue weighted by atomic mass is 16.2. The van der Waals surface area contributed by atoms with E-state index >= 15 is 0 Å². The quantitative estimate of drug-likeness (QED) is 0.376. The topological polar surface area (TPSA) is 76.2 Å². The Morgan fingerprint density at radius 3 is 1.79 bits per heavy atom. The van der Waals surface area contributed by atoms with Gasteiger partial charge in [0.25, 0.3) is 0 Å². The van der Waals surface area contributed by atoms with Gasteiger partial charge in [-0.05, 0) is 30.2 Å². The monoisotopic (exact) mass is 567 g/mol. The number of amides is 2. The second-order valence-corrected chi connectivity index (χ2v) is 11.3. The van der Waals surface area contributed by atoms with Gasteiger partial charge >= 0.3 is 0 Å². The first kappa shape index (κ1) is 29.6. The third-order valence-electron chi connectivity index (χ3n) is 8.25. The van der Waals surface area contributed by atoms with Crippen molar-refractivity contribution in [1.29, 1.82) is 0 Å². The Morgan fingerprint density at radius 1 is 0.690 bits per heavy atom. The van der Waals surface area contributed by atoms with Gasteiger partial charge in [-0.15, -0.1) is 0 Å². The number of anilines is 1. The molecule has 2 aliphatic rings. The van der Waals surface area contributed by atoms with Crippen molar-refractivity contribution in [1.82, 2.24) is 19.6 Å². The SMILES string of the molecule is CC(=O)c1cccc(NC(=O)C[C@H](C(=O)N2CCN(Cc3ccccc3)CC2)N2CCN(Cc3ccccc3)CC2)c1. The first-order valence-electron chi connectivity index (χ1n) is 14.9. The van der Waals surface area contributed by atoms with Gasteiger partial charge in [-0.2, -0.15) is 0 Å². The summed E-state index contributed by atoms with van der Waals surface area (Å²) in [7, 11) is 0. The van der Waals surface area contributed by atoms with Crippen molar-refractivity contribution in [2.24, 2.45) is 0 Å². The maximum atomic E-state index is 14.0. The van der Waals surface area contributed by atoms with Gasteiger partial charge in [-0.1, -0.05) is 72.8 Å². The van der Waals surface area contributed by atoms with Crippen LogP contribution in [-0.2, 0) is 22.7 Å². The summed E-state index contributed by atoms with van der Waals surface area (Å²) >= 11 is 0. The Balaban J connectivity index is 1.23. The number of nitrogens with one attached hydrogen (secondary N) is 1. The Hall–Kier alpha value is -3.85. The van der Waals surface area contributed by atoms with E-state index in [1.807, 2.05) is 17.0 Å². The highest BCUT2D eigenvalue weighted by Crippen LogP contribution is 2.19. The van der Waals surface area contributed by atoms with Crippen LogP contribution in [0.5, 0.6) is 0 Å². The molecule has 3 aromatic carbocycles. The average molecular weight is 568 g/mol. The van der Waals surface area contributed by atoms with Gasteiger partial charge in [0.05, 0.1) is 12.5 Å². The largest absolute Gasteiger partial charge is 0.339 e. The van der Waals surface area contributed by atoms with E-state index in [1.54, 1.807) is 24.3 Å². The van der Waals surface area contributed by atoms with E-state index < -0.39 is 6.04 Å². The number of carbonyl (C=O) groups is 3. The van der Waals surface area contributed by atoms with Crippen LogP contribution in [-0.4, -0.2) is 95.6 Å². The highest BCUT2D eigenvalue weighted by Gasteiger charge is 2.35. The van der Waals surface area contributed by atoms with Crippen molar-refractivity contribution in [3.8, 4) is 0 Å². The smallest absolute Gasteiger partial charge is 0.240 e. The first-order chi connectivity index (χ1) is 20.4. The minimum atomic E-state index is -0.527. The number of hydrogen-bond acceptors (Lipinski definition) is 6. The molecular formula is C34H41N5O3. The molecule has 8 nitrogen and oxygen atoms in total. The van der Waals surface area contributed by atoms with E-state index in [-0.39, 0.29) is 24.0 Å². The molecule has 3 aromatic rings. The normalized spacial score (nSPS) is 17.5. The van der Waals surface area contributed by atoms with Crippen LogP contribution in [0, 0.1) is 0 Å². The minimum absolute atomic E-state index is 0.0264. The summed E-state index contributed by atoms with van der Waals surface area (Å²) in [4.78, 5) is 48.0. The molecule has 2 heterocycles. The predicted octanol–water partition coefficient (Wildman–Crippen LogP) is 3.75. The lowest BCUT2D eigenvalue weighted by Crippen LogP contribution is -2.58. The zero-order valence-electron chi connectivity index (χ0n) is 24.5. The van der Waals surface area contributed by atoms with E-state index in [0.717, 1.165) is 52.4 Å². The van der Waals surface area contributed by atoms with Crippen LogP contribution < -0.4 is 5.32 Å². The van der Waals surface area contributed by atoms with E-state index in [1.165, 1.54) is 18.1 Å². The lowest BCUT2D eigenvalue weighted by atomic mass is 10.1. The van der Waals surface area contributed by atoms with Crippen LogP contribution in [0.4, 0.5) is 5.69 Å². The zero-order chi connectivity index (χ0) is 29.3. The van der Waals surface area contributed by atoms with E-state index in [2.05, 4.69) is 68.5 Å². The molecule has 1 atom stereocenters. The molecular weight excluding hydrogens is 526 g/mol. The van der Waals surface area contributed by atoms with Crippen LogP contribution in [0.3, 0.4) is 0 Å². The van der Waals surface area contributed by atoms with Gasteiger partial charge in [-0.3, -0.25) is 29.1 Å². The van der Waals surface area contributed by atoms with Gasteiger partial charge in [0.2, 0.25) is 11.8 Å². The first-order valence-corrected chi connectivity index (χ1v) is 14.9. The molecule has 220 valence electrons. The van der Waals surface area contributed by atoms with E-state index in [9.17, 15) is 14.4 Å². The van der Waals surface area contributed by atoms with E-state index in [4.69, 9.17) is 0 Å². The van der Waals surface area contributed by atoms with Crippen LogP contribution in [0.25, 0.3) is 0 Å². The van der Waals surface area contributed by atoms with Crippen molar-refractivity contribution >= 4 is 23.3 Å². The molecule has 5 rings (SSSR count).